The van der Waals surface area contributed by atoms with Crippen LogP contribution in [0.4, 0.5) is 20.2 Å². The van der Waals surface area contributed by atoms with Crippen molar-refractivity contribution in [2.75, 3.05) is 23.7 Å². The van der Waals surface area contributed by atoms with Gasteiger partial charge in [0.15, 0.2) is 0 Å². The Hall–Kier alpha value is -3.02. The summed E-state index contributed by atoms with van der Waals surface area (Å²) in [6.45, 7) is 3.45. The molecule has 2 N–H and O–H groups in total. The van der Waals surface area contributed by atoms with E-state index < -0.39 is 35.2 Å². The van der Waals surface area contributed by atoms with Crippen molar-refractivity contribution in [3.05, 3.63) is 58.6 Å². The van der Waals surface area contributed by atoms with Gasteiger partial charge in [0, 0.05) is 5.69 Å². The molecule has 2 aromatic carbocycles. The number of nitriles is 1. The number of para-hydroxylation sites is 1. The van der Waals surface area contributed by atoms with Gasteiger partial charge in [0.05, 0.1) is 23.2 Å². The summed E-state index contributed by atoms with van der Waals surface area (Å²) in [5.74, 6) is -2.83. The van der Waals surface area contributed by atoms with Gasteiger partial charge in [0.1, 0.15) is 23.4 Å². The fourth-order valence-corrected chi connectivity index (χ4v) is 2.82. The van der Waals surface area contributed by atoms with Gasteiger partial charge < -0.3 is 10.6 Å². The Morgan fingerprint density at radius 2 is 1.86 bits per heavy atom. The molecule has 152 valence electrons. The van der Waals surface area contributed by atoms with E-state index in [1.807, 2.05) is 6.07 Å². The molecule has 0 fully saturated rings. The monoisotopic (exact) mass is 420 g/mol. The van der Waals surface area contributed by atoms with Gasteiger partial charge >= 0.3 is 0 Å². The Balaban J connectivity index is 2.02. The van der Waals surface area contributed by atoms with Crippen molar-refractivity contribution in [1.29, 1.82) is 5.26 Å². The van der Waals surface area contributed by atoms with Gasteiger partial charge in [-0.3, -0.25) is 14.5 Å². The van der Waals surface area contributed by atoms with Gasteiger partial charge in [-0.1, -0.05) is 24.6 Å². The maximum Gasteiger partial charge on any atom is 0.241 e. The summed E-state index contributed by atoms with van der Waals surface area (Å²) < 4.78 is 27.4. The highest BCUT2D eigenvalue weighted by Gasteiger charge is 2.23. The van der Waals surface area contributed by atoms with Crippen LogP contribution in [0.5, 0.6) is 0 Å². The number of hydrogen-bond donors (Lipinski definition) is 2. The minimum absolute atomic E-state index is 0.205. The van der Waals surface area contributed by atoms with Crippen molar-refractivity contribution in [2.24, 2.45) is 0 Å². The van der Waals surface area contributed by atoms with E-state index in [-0.39, 0.29) is 17.1 Å². The molecule has 0 heterocycles. The third kappa shape index (κ3) is 5.73. The van der Waals surface area contributed by atoms with E-state index in [0.717, 1.165) is 12.1 Å². The van der Waals surface area contributed by atoms with E-state index in [4.69, 9.17) is 16.9 Å². The predicted molar refractivity (Wildman–Crippen MR) is 106 cm³/mol. The molecule has 9 heteroatoms. The number of carbonyl (C=O) groups is 2. The van der Waals surface area contributed by atoms with Crippen molar-refractivity contribution in [1.82, 2.24) is 4.90 Å². The first kappa shape index (κ1) is 22.3. The molecule has 0 bridgehead atoms. The van der Waals surface area contributed by atoms with Crippen LogP contribution in [0.2, 0.25) is 5.02 Å². The van der Waals surface area contributed by atoms with E-state index >= 15 is 0 Å². The highest BCUT2D eigenvalue weighted by Crippen LogP contribution is 2.21. The van der Waals surface area contributed by atoms with Gasteiger partial charge in [-0.25, -0.2) is 8.78 Å². The lowest BCUT2D eigenvalue weighted by Crippen LogP contribution is -2.45. The van der Waals surface area contributed by atoms with E-state index in [1.54, 1.807) is 19.9 Å². The molecule has 0 saturated heterocycles. The average Bonchev–Trinajstić information content (AvgIpc) is 2.68. The highest BCUT2D eigenvalue weighted by atomic mass is 35.5. The number of likely N-dealkylation sites (N-methyl/N-ethyl adjacent to an activating group) is 1. The number of rotatable bonds is 7. The smallest absolute Gasteiger partial charge is 0.241 e. The molecule has 2 rings (SSSR count). The summed E-state index contributed by atoms with van der Waals surface area (Å²) in [7, 11) is 0. The Morgan fingerprint density at radius 1 is 1.21 bits per heavy atom. The topological polar surface area (TPSA) is 85.2 Å². The van der Waals surface area contributed by atoms with Crippen molar-refractivity contribution < 1.29 is 18.4 Å². The summed E-state index contributed by atoms with van der Waals surface area (Å²) in [6, 6.07) is 8.95. The number of carbonyl (C=O) groups excluding carboxylic acids is 2. The van der Waals surface area contributed by atoms with E-state index in [0.29, 0.717) is 12.2 Å². The summed E-state index contributed by atoms with van der Waals surface area (Å²) in [4.78, 5) is 26.3. The predicted octanol–water partition coefficient (Wildman–Crippen LogP) is 3.78. The summed E-state index contributed by atoms with van der Waals surface area (Å²) in [5.41, 5.74) is 0.155. The fourth-order valence-electron chi connectivity index (χ4n) is 2.60. The molecule has 29 heavy (non-hydrogen) atoms. The van der Waals surface area contributed by atoms with Crippen molar-refractivity contribution in [3.63, 3.8) is 0 Å². The van der Waals surface area contributed by atoms with E-state index in [2.05, 4.69) is 10.6 Å². The van der Waals surface area contributed by atoms with Gasteiger partial charge in [0.25, 0.3) is 0 Å². The molecule has 0 aliphatic rings. The minimum Gasteiger partial charge on any atom is -0.325 e. The number of hydrogen-bond acceptors (Lipinski definition) is 4. The third-order valence-corrected chi connectivity index (χ3v) is 4.58. The zero-order valence-corrected chi connectivity index (χ0v) is 16.6. The summed E-state index contributed by atoms with van der Waals surface area (Å²) in [5, 5.41) is 14.0. The summed E-state index contributed by atoms with van der Waals surface area (Å²) in [6.07, 6.45) is 0. The fraction of sp³-hybridized carbons (Fsp3) is 0.250. The highest BCUT2D eigenvalue weighted by molar-refractivity contribution is 6.32. The molecular formula is C20H19ClF2N4O2. The van der Waals surface area contributed by atoms with Gasteiger partial charge in [0.2, 0.25) is 11.8 Å². The quantitative estimate of drug-likeness (QED) is 0.713. The lowest BCUT2D eigenvalue weighted by Gasteiger charge is -2.26. The first-order valence-electron chi connectivity index (χ1n) is 8.75. The van der Waals surface area contributed by atoms with E-state index in [1.165, 1.54) is 23.1 Å². The minimum atomic E-state index is -0.884. The number of anilines is 2. The van der Waals surface area contributed by atoms with Crippen LogP contribution >= 0.6 is 11.6 Å². The first-order valence-corrected chi connectivity index (χ1v) is 9.13. The van der Waals surface area contributed by atoms with Crippen LogP contribution in [0.15, 0.2) is 36.4 Å². The number of nitrogens with zero attached hydrogens (tertiary/aromatic N) is 2. The molecule has 0 saturated carbocycles. The second-order valence-electron chi connectivity index (χ2n) is 6.18. The third-order valence-electron chi connectivity index (χ3n) is 4.26. The standard InChI is InChI=1S/C20H19ClF2N4O2/c1-3-27(11-18(28)26-19-16(22)5-4-6-17(19)23)12(2)20(29)25-14-8-7-13(10-24)15(21)9-14/h4-9,12H,3,11H2,1-2H3,(H,25,29)(H,26,28). The lowest BCUT2D eigenvalue weighted by atomic mass is 10.2. The second-order valence-corrected chi connectivity index (χ2v) is 6.59. The largest absolute Gasteiger partial charge is 0.325 e. The average molecular weight is 421 g/mol. The molecule has 0 aliphatic carbocycles. The van der Waals surface area contributed by atoms with Crippen LogP contribution in [0.1, 0.15) is 19.4 Å². The Morgan fingerprint density at radius 3 is 2.41 bits per heavy atom. The molecule has 0 radical (unpaired) electrons. The summed E-state index contributed by atoms with van der Waals surface area (Å²) >= 11 is 5.96. The maximum absolute atomic E-state index is 13.7. The maximum atomic E-state index is 13.7. The van der Waals surface area contributed by atoms with Crippen LogP contribution in [0.25, 0.3) is 0 Å². The first-order chi connectivity index (χ1) is 13.8. The molecule has 2 aromatic rings. The molecule has 1 atom stereocenters. The van der Waals surface area contributed by atoms with Gasteiger partial charge in [-0.05, 0) is 43.8 Å². The molecule has 0 aliphatic heterocycles. The van der Waals surface area contributed by atoms with Crippen molar-refractivity contribution >= 4 is 34.8 Å². The number of benzene rings is 2. The molecule has 2 amide bonds. The number of halogens is 3. The Kier molecular flexibility index (Phi) is 7.65. The van der Waals surface area contributed by atoms with Crippen LogP contribution in [-0.4, -0.2) is 35.8 Å². The van der Waals surface area contributed by atoms with Crippen LogP contribution in [-0.2, 0) is 9.59 Å². The second kappa shape index (κ2) is 9.96. The SMILES string of the molecule is CCN(CC(=O)Nc1c(F)cccc1F)C(C)C(=O)Nc1ccc(C#N)c(Cl)c1. The zero-order valence-electron chi connectivity index (χ0n) is 15.8. The Bertz CT molecular complexity index is 942. The molecule has 0 aromatic heterocycles. The zero-order chi connectivity index (χ0) is 21.6. The lowest BCUT2D eigenvalue weighted by molar-refractivity contribution is -0.123. The van der Waals surface area contributed by atoms with Crippen LogP contribution < -0.4 is 10.6 Å². The Labute approximate surface area is 172 Å². The normalized spacial score (nSPS) is 11.6. The molecular weight excluding hydrogens is 402 g/mol. The molecule has 0 spiro atoms. The van der Waals surface area contributed by atoms with Gasteiger partial charge in [-0.15, -0.1) is 0 Å². The molecule has 1 unspecified atom stereocenters. The van der Waals surface area contributed by atoms with Crippen molar-refractivity contribution in [3.8, 4) is 6.07 Å². The van der Waals surface area contributed by atoms with Crippen LogP contribution in [0, 0.1) is 23.0 Å². The van der Waals surface area contributed by atoms with Crippen molar-refractivity contribution in [2.45, 2.75) is 19.9 Å². The van der Waals surface area contributed by atoms with E-state index in [9.17, 15) is 18.4 Å². The van der Waals surface area contributed by atoms with Crippen LogP contribution in [0.3, 0.4) is 0 Å². The molecule has 6 nitrogen and oxygen atoms in total. The number of amides is 2. The van der Waals surface area contributed by atoms with Gasteiger partial charge in [-0.2, -0.15) is 5.26 Å². The number of nitrogens with one attached hydrogen (secondary N) is 2.